The van der Waals surface area contributed by atoms with E-state index in [4.69, 9.17) is 0 Å². The Hall–Kier alpha value is -2.75. The van der Waals surface area contributed by atoms with Gasteiger partial charge in [-0.25, -0.2) is 4.99 Å². The number of rotatable bonds is 1. The van der Waals surface area contributed by atoms with Gasteiger partial charge >= 0.3 is 0 Å². The Labute approximate surface area is 109 Å². The van der Waals surface area contributed by atoms with Gasteiger partial charge in [0.15, 0.2) is 0 Å². The molecule has 0 saturated carbocycles. The number of hydrogen-bond donors (Lipinski definition) is 1. The molecule has 4 heteroatoms. The van der Waals surface area contributed by atoms with Gasteiger partial charge in [-0.2, -0.15) is 0 Å². The number of carbonyl (C=O) groups is 1. The van der Waals surface area contributed by atoms with Crippen LogP contribution < -0.4 is 0 Å². The van der Waals surface area contributed by atoms with Gasteiger partial charge in [0.05, 0.1) is 11.4 Å². The Morgan fingerprint density at radius 1 is 1.05 bits per heavy atom. The van der Waals surface area contributed by atoms with Gasteiger partial charge in [-0.15, -0.1) is 0 Å². The minimum atomic E-state index is -0.111. The summed E-state index contributed by atoms with van der Waals surface area (Å²) in [6, 6.07) is 10.2. The molecule has 2 aromatic rings. The highest BCUT2D eigenvalue weighted by atomic mass is 16.3. The zero-order valence-corrected chi connectivity index (χ0v) is 9.95. The Balaban J connectivity index is 2.08. The molecule has 0 spiro atoms. The maximum Gasteiger partial charge on any atom is 0.204 e. The summed E-state index contributed by atoms with van der Waals surface area (Å²) < 4.78 is 0. The highest BCUT2D eigenvalue weighted by molar-refractivity contribution is 6.23. The van der Waals surface area contributed by atoms with Crippen LogP contribution in [0.5, 0.6) is 5.75 Å². The molecule has 1 heterocycles. The number of fused-ring (bicyclic) bond motifs is 1. The van der Waals surface area contributed by atoms with Crippen LogP contribution in [0.25, 0.3) is 0 Å². The van der Waals surface area contributed by atoms with E-state index >= 15 is 0 Å². The molecule has 0 amide bonds. The molecule has 0 bridgehead atoms. The van der Waals surface area contributed by atoms with E-state index in [1.165, 1.54) is 6.08 Å². The summed E-state index contributed by atoms with van der Waals surface area (Å²) in [7, 11) is 0. The number of aliphatic imine (C=N–C) groups is 1. The zero-order chi connectivity index (χ0) is 13.2. The number of aromatic nitrogens is 1. The van der Waals surface area contributed by atoms with E-state index in [-0.39, 0.29) is 11.5 Å². The third-order valence-corrected chi connectivity index (χ3v) is 2.81. The third-order valence-electron chi connectivity index (χ3n) is 2.81. The topological polar surface area (TPSA) is 62.5 Å². The van der Waals surface area contributed by atoms with Crippen LogP contribution in [0.3, 0.4) is 0 Å². The lowest BCUT2D eigenvalue weighted by Gasteiger charge is -2.10. The SMILES string of the molecule is O=C1C=CC(=Nc2ccc(O)cc2)c2cccnc21. The lowest BCUT2D eigenvalue weighted by molar-refractivity contribution is 0.104. The van der Waals surface area contributed by atoms with Gasteiger partial charge in [-0.3, -0.25) is 9.78 Å². The lowest BCUT2D eigenvalue weighted by atomic mass is 9.99. The first kappa shape index (κ1) is 11.3. The third kappa shape index (κ3) is 2.15. The van der Waals surface area contributed by atoms with Crippen molar-refractivity contribution in [1.82, 2.24) is 4.98 Å². The van der Waals surface area contributed by atoms with Crippen molar-refractivity contribution < 1.29 is 9.90 Å². The maximum absolute atomic E-state index is 11.7. The monoisotopic (exact) mass is 250 g/mol. The molecule has 1 aliphatic rings. The normalized spacial score (nSPS) is 15.6. The number of aromatic hydroxyl groups is 1. The average molecular weight is 250 g/mol. The van der Waals surface area contributed by atoms with E-state index in [1.54, 1.807) is 42.6 Å². The fourth-order valence-corrected chi connectivity index (χ4v) is 1.90. The number of benzene rings is 1. The second kappa shape index (κ2) is 4.49. The number of pyridine rings is 1. The summed E-state index contributed by atoms with van der Waals surface area (Å²) in [6.07, 6.45) is 4.74. The standard InChI is InChI=1S/C15H10N2O2/c18-11-5-3-10(4-6-11)17-13-7-8-14(19)15-12(13)2-1-9-16-15/h1-9,18H. The van der Waals surface area contributed by atoms with Crippen LogP contribution in [-0.2, 0) is 0 Å². The number of ketones is 1. The van der Waals surface area contributed by atoms with Crippen molar-refractivity contribution in [3.05, 3.63) is 66.0 Å². The molecule has 3 rings (SSSR count). The minimum Gasteiger partial charge on any atom is -0.508 e. The van der Waals surface area contributed by atoms with E-state index in [0.29, 0.717) is 17.1 Å². The number of nitrogens with zero attached hydrogens (tertiary/aromatic N) is 2. The van der Waals surface area contributed by atoms with E-state index in [9.17, 15) is 9.90 Å². The van der Waals surface area contributed by atoms with Crippen molar-refractivity contribution in [3.63, 3.8) is 0 Å². The number of phenolic OH excluding ortho intramolecular Hbond substituents is 1. The van der Waals surface area contributed by atoms with Crippen LogP contribution in [0, 0.1) is 0 Å². The fraction of sp³-hybridized carbons (Fsp3) is 0. The maximum atomic E-state index is 11.7. The first-order valence-electron chi connectivity index (χ1n) is 5.79. The molecule has 1 N–H and O–H groups in total. The van der Waals surface area contributed by atoms with Gasteiger partial charge in [-0.05, 0) is 48.6 Å². The Bertz CT molecular complexity index is 700. The number of phenols is 1. The summed E-state index contributed by atoms with van der Waals surface area (Å²) in [5.41, 5.74) is 2.54. The van der Waals surface area contributed by atoms with Gasteiger partial charge in [0.1, 0.15) is 11.4 Å². The summed E-state index contributed by atoms with van der Waals surface area (Å²) in [5.74, 6) is 0.0839. The van der Waals surface area contributed by atoms with Gasteiger partial charge < -0.3 is 5.11 Å². The Kier molecular flexibility index (Phi) is 2.68. The molecule has 0 atom stereocenters. The second-order valence-electron chi connectivity index (χ2n) is 4.11. The van der Waals surface area contributed by atoms with Gasteiger partial charge in [0.25, 0.3) is 0 Å². The van der Waals surface area contributed by atoms with Crippen molar-refractivity contribution in [3.8, 4) is 5.75 Å². The van der Waals surface area contributed by atoms with E-state index in [1.807, 2.05) is 6.07 Å². The molecule has 1 aromatic heterocycles. The summed E-state index contributed by atoms with van der Waals surface area (Å²) in [6.45, 7) is 0. The molecule has 0 saturated heterocycles. The van der Waals surface area contributed by atoms with Crippen LogP contribution >= 0.6 is 0 Å². The van der Waals surface area contributed by atoms with E-state index in [2.05, 4.69) is 9.98 Å². The van der Waals surface area contributed by atoms with Gasteiger partial charge in [0.2, 0.25) is 5.78 Å². The van der Waals surface area contributed by atoms with Crippen molar-refractivity contribution in [2.75, 3.05) is 0 Å². The molecule has 92 valence electrons. The molecule has 19 heavy (non-hydrogen) atoms. The first-order valence-corrected chi connectivity index (χ1v) is 5.79. The highest BCUT2D eigenvalue weighted by Crippen LogP contribution is 2.21. The average Bonchev–Trinajstić information content (AvgIpc) is 2.45. The number of allylic oxidation sites excluding steroid dienone is 2. The van der Waals surface area contributed by atoms with Crippen molar-refractivity contribution in [2.24, 2.45) is 4.99 Å². The molecule has 0 fully saturated rings. The van der Waals surface area contributed by atoms with Crippen LogP contribution in [0.4, 0.5) is 5.69 Å². The molecular weight excluding hydrogens is 240 g/mol. The van der Waals surface area contributed by atoms with Crippen molar-refractivity contribution in [1.29, 1.82) is 0 Å². The van der Waals surface area contributed by atoms with Crippen LogP contribution in [-0.4, -0.2) is 21.6 Å². The molecular formula is C15H10N2O2. The summed E-state index contributed by atoms with van der Waals surface area (Å²) >= 11 is 0. The quantitative estimate of drug-likeness (QED) is 0.846. The van der Waals surface area contributed by atoms with Crippen molar-refractivity contribution in [2.45, 2.75) is 0 Å². The lowest BCUT2D eigenvalue weighted by Crippen LogP contribution is -2.13. The summed E-state index contributed by atoms with van der Waals surface area (Å²) in [5, 5.41) is 9.24. The van der Waals surface area contributed by atoms with Crippen molar-refractivity contribution >= 4 is 17.2 Å². The molecule has 1 aromatic carbocycles. The zero-order valence-electron chi connectivity index (χ0n) is 9.95. The van der Waals surface area contributed by atoms with Gasteiger partial charge in [-0.1, -0.05) is 0 Å². The number of carbonyl (C=O) groups excluding carboxylic acids is 1. The first-order chi connectivity index (χ1) is 9.24. The molecule has 0 aliphatic heterocycles. The Morgan fingerprint density at radius 2 is 1.84 bits per heavy atom. The second-order valence-corrected chi connectivity index (χ2v) is 4.11. The predicted octanol–water partition coefficient (Wildman–Crippen LogP) is 2.66. The fourth-order valence-electron chi connectivity index (χ4n) is 1.90. The summed E-state index contributed by atoms with van der Waals surface area (Å²) in [4.78, 5) is 20.2. The molecule has 1 aliphatic carbocycles. The van der Waals surface area contributed by atoms with Crippen LogP contribution in [0.1, 0.15) is 16.1 Å². The largest absolute Gasteiger partial charge is 0.508 e. The smallest absolute Gasteiger partial charge is 0.204 e. The molecule has 0 radical (unpaired) electrons. The molecule has 4 nitrogen and oxygen atoms in total. The molecule has 0 unspecified atom stereocenters. The predicted molar refractivity (Wildman–Crippen MR) is 72.0 cm³/mol. The minimum absolute atomic E-state index is 0.111. The van der Waals surface area contributed by atoms with Crippen LogP contribution in [0.15, 0.2) is 59.7 Å². The highest BCUT2D eigenvalue weighted by Gasteiger charge is 2.18. The Morgan fingerprint density at radius 3 is 2.63 bits per heavy atom. The van der Waals surface area contributed by atoms with Gasteiger partial charge in [0, 0.05) is 11.8 Å². The van der Waals surface area contributed by atoms with E-state index < -0.39 is 0 Å². The number of hydrogen-bond acceptors (Lipinski definition) is 4. The van der Waals surface area contributed by atoms with Crippen LogP contribution in [0.2, 0.25) is 0 Å². The van der Waals surface area contributed by atoms with E-state index in [0.717, 1.165) is 5.56 Å².